The minimum atomic E-state index is -0.585. The summed E-state index contributed by atoms with van der Waals surface area (Å²) in [6.45, 7) is 3.46. The zero-order chi connectivity index (χ0) is 11.6. The largest absolute Gasteiger partial charge is 0.496 e. The van der Waals surface area contributed by atoms with Crippen LogP contribution < -0.4 is 10.5 Å². The average Bonchev–Trinajstić information content (AvgIpc) is 2.20. The molecule has 3 nitrogen and oxygen atoms in total. The molecule has 0 saturated carbocycles. The number of halogens is 1. The number of aryl methyl sites for hydroxylation is 1. The smallest absolute Gasteiger partial charge is 0.184 e. The number of rotatable bonds is 3. The van der Waals surface area contributed by atoms with Crippen molar-refractivity contribution in [3.8, 4) is 5.75 Å². The fourth-order valence-corrected chi connectivity index (χ4v) is 1.54. The Balaban J connectivity index is 3.36. The van der Waals surface area contributed by atoms with Crippen molar-refractivity contribution in [1.29, 1.82) is 0 Å². The van der Waals surface area contributed by atoms with E-state index in [4.69, 9.17) is 22.1 Å². The van der Waals surface area contributed by atoms with Crippen molar-refractivity contribution in [3.63, 3.8) is 0 Å². The standard InChI is InChI=1S/C11H14ClNO2/c1-6-4-5-8(15-3)9(10(6)12)11(14)7(2)13/h4-5,7H,13H2,1-3H3. The Morgan fingerprint density at radius 2 is 2.13 bits per heavy atom. The summed E-state index contributed by atoms with van der Waals surface area (Å²) in [6.07, 6.45) is 0. The van der Waals surface area contributed by atoms with E-state index in [1.165, 1.54) is 7.11 Å². The number of hydrogen-bond donors (Lipinski definition) is 1. The zero-order valence-corrected chi connectivity index (χ0v) is 9.76. The Kier molecular flexibility index (Phi) is 3.72. The first kappa shape index (κ1) is 12.0. The molecule has 15 heavy (non-hydrogen) atoms. The Labute approximate surface area is 94.2 Å². The molecule has 0 amide bonds. The van der Waals surface area contributed by atoms with Crippen molar-refractivity contribution in [3.05, 3.63) is 28.3 Å². The molecule has 1 atom stereocenters. The van der Waals surface area contributed by atoms with Crippen LogP contribution in [-0.2, 0) is 0 Å². The quantitative estimate of drug-likeness (QED) is 0.806. The lowest BCUT2D eigenvalue weighted by Gasteiger charge is -2.12. The SMILES string of the molecule is COc1ccc(C)c(Cl)c1C(=O)C(C)N. The van der Waals surface area contributed by atoms with Crippen LogP contribution in [0.25, 0.3) is 0 Å². The highest BCUT2D eigenvalue weighted by Crippen LogP contribution is 2.30. The Morgan fingerprint density at radius 3 is 2.60 bits per heavy atom. The highest BCUT2D eigenvalue weighted by Gasteiger charge is 2.20. The van der Waals surface area contributed by atoms with Gasteiger partial charge in [-0.15, -0.1) is 0 Å². The number of carbonyl (C=O) groups is 1. The third-order valence-electron chi connectivity index (χ3n) is 2.18. The summed E-state index contributed by atoms with van der Waals surface area (Å²) >= 11 is 6.06. The lowest BCUT2D eigenvalue weighted by Crippen LogP contribution is -2.27. The summed E-state index contributed by atoms with van der Waals surface area (Å²) in [6, 6.07) is 2.94. The van der Waals surface area contributed by atoms with Gasteiger partial charge in [-0.25, -0.2) is 0 Å². The van der Waals surface area contributed by atoms with Crippen molar-refractivity contribution in [2.75, 3.05) is 7.11 Å². The zero-order valence-electron chi connectivity index (χ0n) is 9.00. The van der Waals surface area contributed by atoms with E-state index < -0.39 is 6.04 Å². The summed E-state index contributed by atoms with van der Waals surface area (Å²) in [4.78, 5) is 11.8. The second-order valence-corrected chi connectivity index (χ2v) is 3.80. The minimum absolute atomic E-state index is 0.208. The van der Waals surface area contributed by atoms with Crippen LogP contribution in [0.5, 0.6) is 5.75 Å². The fraction of sp³-hybridized carbons (Fsp3) is 0.364. The van der Waals surface area contributed by atoms with Crippen LogP contribution in [0.4, 0.5) is 0 Å². The maximum atomic E-state index is 11.8. The molecule has 4 heteroatoms. The Bertz CT molecular complexity index is 388. The molecule has 2 N–H and O–H groups in total. The molecule has 0 saturated heterocycles. The normalized spacial score (nSPS) is 12.3. The van der Waals surface area contributed by atoms with Gasteiger partial charge in [0.1, 0.15) is 5.75 Å². The molecular weight excluding hydrogens is 214 g/mol. The molecule has 0 fully saturated rings. The number of ether oxygens (including phenoxy) is 1. The number of hydrogen-bond acceptors (Lipinski definition) is 3. The molecule has 0 aliphatic carbocycles. The van der Waals surface area contributed by atoms with E-state index in [0.29, 0.717) is 16.3 Å². The maximum Gasteiger partial charge on any atom is 0.184 e. The molecule has 0 heterocycles. The number of nitrogens with two attached hydrogens (primary N) is 1. The molecule has 0 bridgehead atoms. The van der Waals surface area contributed by atoms with Gasteiger partial charge in [0, 0.05) is 0 Å². The second-order valence-electron chi connectivity index (χ2n) is 3.43. The molecule has 1 unspecified atom stereocenters. The van der Waals surface area contributed by atoms with Crippen LogP contribution in [0.1, 0.15) is 22.8 Å². The van der Waals surface area contributed by atoms with Crippen molar-refractivity contribution >= 4 is 17.4 Å². The van der Waals surface area contributed by atoms with Crippen LogP contribution in [0, 0.1) is 6.92 Å². The first-order chi connectivity index (χ1) is 6.99. The maximum absolute atomic E-state index is 11.8. The van der Waals surface area contributed by atoms with Crippen molar-refractivity contribution in [2.24, 2.45) is 5.73 Å². The summed E-state index contributed by atoms with van der Waals surface area (Å²) < 4.78 is 5.09. The Hall–Kier alpha value is -1.06. The first-order valence-corrected chi connectivity index (χ1v) is 4.99. The summed E-state index contributed by atoms with van der Waals surface area (Å²) in [5.41, 5.74) is 6.75. The minimum Gasteiger partial charge on any atom is -0.496 e. The number of carbonyl (C=O) groups excluding carboxylic acids is 1. The molecule has 82 valence electrons. The first-order valence-electron chi connectivity index (χ1n) is 4.62. The topological polar surface area (TPSA) is 52.3 Å². The lowest BCUT2D eigenvalue weighted by molar-refractivity contribution is 0.0965. The van der Waals surface area contributed by atoms with Crippen LogP contribution in [0.3, 0.4) is 0 Å². The van der Waals surface area contributed by atoms with Crippen LogP contribution in [0.15, 0.2) is 12.1 Å². The van der Waals surface area contributed by atoms with Crippen molar-refractivity contribution in [1.82, 2.24) is 0 Å². The highest BCUT2D eigenvalue weighted by atomic mass is 35.5. The van der Waals surface area contributed by atoms with E-state index in [1.54, 1.807) is 19.1 Å². The predicted octanol–water partition coefficient (Wildman–Crippen LogP) is 2.19. The number of Topliss-reactive ketones (excluding diaryl/α,β-unsaturated/α-hetero) is 1. The molecule has 0 aromatic heterocycles. The molecule has 1 aromatic carbocycles. The third-order valence-corrected chi connectivity index (χ3v) is 2.66. The van der Waals surface area contributed by atoms with Gasteiger partial charge in [-0.05, 0) is 25.5 Å². The monoisotopic (exact) mass is 227 g/mol. The third kappa shape index (κ3) is 2.30. The van der Waals surface area contributed by atoms with Gasteiger partial charge in [0.15, 0.2) is 5.78 Å². The van der Waals surface area contributed by atoms with Gasteiger partial charge in [-0.3, -0.25) is 4.79 Å². The summed E-state index contributed by atoms with van der Waals surface area (Å²) in [5.74, 6) is 0.258. The van der Waals surface area contributed by atoms with E-state index in [2.05, 4.69) is 0 Å². The van der Waals surface area contributed by atoms with Gasteiger partial charge in [0.2, 0.25) is 0 Å². The molecule has 0 radical (unpaired) electrons. The molecule has 1 aromatic rings. The van der Waals surface area contributed by atoms with E-state index in [9.17, 15) is 4.79 Å². The molecular formula is C11H14ClNO2. The highest BCUT2D eigenvalue weighted by molar-refractivity contribution is 6.35. The van der Waals surface area contributed by atoms with Gasteiger partial charge in [0.05, 0.1) is 23.7 Å². The number of methoxy groups -OCH3 is 1. The van der Waals surface area contributed by atoms with Crippen LogP contribution in [-0.4, -0.2) is 18.9 Å². The van der Waals surface area contributed by atoms with Gasteiger partial charge in [-0.2, -0.15) is 0 Å². The second kappa shape index (κ2) is 4.64. The van der Waals surface area contributed by atoms with Gasteiger partial charge < -0.3 is 10.5 Å². The molecule has 0 aliphatic heterocycles. The van der Waals surface area contributed by atoms with Crippen molar-refractivity contribution < 1.29 is 9.53 Å². The van der Waals surface area contributed by atoms with E-state index in [1.807, 2.05) is 6.92 Å². The summed E-state index contributed by atoms with van der Waals surface area (Å²) in [7, 11) is 1.50. The number of ketones is 1. The van der Waals surface area contributed by atoms with Gasteiger partial charge in [-0.1, -0.05) is 17.7 Å². The van der Waals surface area contributed by atoms with E-state index >= 15 is 0 Å². The average molecular weight is 228 g/mol. The summed E-state index contributed by atoms with van der Waals surface area (Å²) in [5, 5.41) is 0.414. The van der Waals surface area contributed by atoms with E-state index in [-0.39, 0.29) is 5.78 Å². The van der Waals surface area contributed by atoms with Gasteiger partial charge in [0.25, 0.3) is 0 Å². The number of benzene rings is 1. The lowest BCUT2D eigenvalue weighted by atomic mass is 10.0. The van der Waals surface area contributed by atoms with Crippen molar-refractivity contribution in [2.45, 2.75) is 19.9 Å². The molecule has 0 aliphatic rings. The fourth-order valence-electron chi connectivity index (χ4n) is 1.29. The van der Waals surface area contributed by atoms with Crippen LogP contribution in [0.2, 0.25) is 5.02 Å². The van der Waals surface area contributed by atoms with Crippen LogP contribution >= 0.6 is 11.6 Å². The van der Waals surface area contributed by atoms with Gasteiger partial charge >= 0.3 is 0 Å². The van der Waals surface area contributed by atoms with E-state index in [0.717, 1.165) is 5.56 Å². The predicted molar refractivity (Wildman–Crippen MR) is 60.7 cm³/mol. The molecule has 1 rings (SSSR count). The molecule has 0 spiro atoms. The Morgan fingerprint density at radius 1 is 1.53 bits per heavy atom.